The van der Waals surface area contributed by atoms with E-state index in [1.807, 2.05) is 0 Å². The van der Waals surface area contributed by atoms with Crippen LogP contribution < -0.4 is 5.30 Å². The van der Waals surface area contributed by atoms with Crippen molar-refractivity contribution in [3.63, 3.8) is 0 Å². The average Bonchev–Trinajstić information content (AvgIpc) is 3.22. The van der Waals surface area contributed by atoms with Crippen molar-refractivity contribution in [1.82, 2.24) is 0 Å². The molecule has 4 rings (SSSR count). The van der Waals surface area contributed by atoms with E-state index < -0.39 is 0 Å². The molecule has 2 atom stereocenters. The summed E-state index contributed by atoms with van der Waals surface area (Å²) in [4.78, 5) is 0. The summed E-state index contributed by atoms with van der Waals surface area (Å²) in [5.74, 6) is 1.41. The molecule has 1 aliphatic heterocycles. The Kier molecular flexibility index (Phi) is 6.48. The summed E-state index contributed by atoms with van der Waals surface area (Å²) in [6, 6.07) is 11.3. The standard InChI is InChI=1S/C23H34OP2/c24-25-23(19-11-4-1-5-12-19,20-13-6-2-7-14-20)22-17-10-18-26(22)21-15-8-3-9-16-21/h3,8-9,15-16,19-20,22H,1-2,4-7,10-14,17-18H2. The summed E-state index contributed by atoms with van der Waals surface area (Å²) in [5.41, 5.74) is 0.685. The summed E-state index contributed by atoms with van der Waals surface area (Å²) >= 11 is 0. The second-order valence-corrected chi connectivity index (χ2v) is 12.3. The third kappa shape index (κ3) is 3.56. The van der Waals surface area contributed by atoms with Crippen molar-refractivity contribution >= 4 is 21.7 Å². The monoisotopic (exact) mass is 388 g/mol. The van der Waals surface area contributed by atoms with Gasteiger partial charge in [0.05, 0.1) is 5.16 Å². The molecule has 1 nitrogen and oxygen atoms in total. The van der Waals surface area contributed by atoms with Crippen molar-refractivity contribution in [2.24, 2.45) is 11.8 Å². The van der Waals surface area contributed by atoms with Crippen LogP contribution in [0.4, 0.5) is 0 Å². The lowest BCUT2D eigenvalue weighted by Gasteiger charge is -2.50. The number of hydrogen-bond donors (Lipinski definition) is 0. The molecule has 0 spiro atoms. The minimum absolute atomic E-state index is 0.0822. The van der Waals surface area contributed by atoms with Crippen LogP contribution in [0.1, 0.15) is 77.0 Å². The highest BCUT2D eigenvalue weighted by molar-refractivity contribution is 7.67. The number of hydrogen-bond acceptors (Lipinski definition) is 1. The Morgan fingerprint density at radius 3 is 1.88 bits per heavy atom. The summed E-state index contributed by atoms with van der Waals surface area (Å²) in [6.45, 7) is 0. The molecule has 2 aliphatic carbocycles. The maximum absolute atomic E-state index is 13.1. The van der Waals surface area contributed by atoms with Gasteiger partial charge < -0.3 is 0 Å². The second kappa shape index (κ2) is 8.84. The van der Waals surface area contributed by atoms with Gasteiger partial charge in [-0.3, -0.25) is 4.57 Å². The zero-order valence-electron chi connectivity index (χ0n) is 16.1. The molecule has 0 bridgehead atoms. The van der Waals surface area contributed by atoms with Gasteiger partial charge in [0.25, 0.3) is 0 Å². The van der Waals surface area contributed by atoms with E-state index >= 15 is 0 Å². The van der Waals surface area contributed by atoms with Gasteiger partial charge in [-0.2, -0.15) is 0 Å². The largest absolute Gasteiger partial charge is 0.274 e. The summed E-state index contributed by atoms with van der Waals surface area (Å²) in [6.07, 6.45) is 17.6. The molecule has 1 aromatic rings. The van der Waals surface area contributed by atoms with Crippen molar-refractivity contribution in [1.29, 1.82) is 0 Å². The van der Waals surface area contributed by atoms with Crippen LogP contribution in [-0.4, -0.2) is 17.0 Å². The average molecular weight is 388 g/mol. The van der Waals surface area contributed by atoms with Gasteiger partial charge in [0.2, 0.25) is 0 Å². The smallest absolute Gasteiger partial charge is 0.163 e. The van der Waals surface area contributed by atoms with Crippen LogP contribution in [0.2, 0.25) is 0 Å². The fraction of sp³-hybridized carbons (Fsp3) is 0.739. The Hall–Kier alpha value is -0.250. The van der Waals surface area contributed by atoms with Crippen molar-refractivity contribution < 1.29 is 4.57 Å². The van der Waals surface area contributed by atoms with E-state index in [2.05, 4.69) is 30.3 Å². The zero-order valence-corrected chi connectivity index (χ0v) is 17.9. The Bertz CT molecular complexity index is 557. The molecule has 3 fully saturated rings. The van der Waals surface area contributed by atoms with Crippen LogP contribution in [0.25, 0.3) is 0 Å². The highest BCUT2D eigenvalue weighted by Gasteiger charge is 2.55. The lowest BCUT2D eigenvalue weighted by molar-refractivity contribution is 0.164. The van der Waals surface area contributed by atoms with Crippen LogP contribution in [-0.2, 0) is 4.57 Å². The molecule has 2 unspecified atom stereocenters. The topological polar surface area (TPSA) is 17.1 Å². The minimum atomic E-state index is -0.154. The molecular formula is C23H34OP2. The molecule has 3 aliphatic rings. The van der Waals surface area contributed by atoms with Crippen molar-refractivity contribution in [2.45, 2.75) is 87.9 Å². The van der Waals surface area contributed by atoms with Gasteiger partial charge in [0, 0.05) is 5.66 Å². The lowest BCUT2D eigenvalue weighted by Crippen LogP contribution is -2.50. The quantitative estimate of drug-likeness (QED) is 0.490. The SMILES string of the molecule is O=PC(C1CCCCC1)(C1CCCCC1)C1CCCP1c1ccccc1. The van der Waals surface area contributed by atoms with E-state index in [1.165, 1.54) is 83.2 Å². The predicted octanol–water partition coefficient (Wildman–Crippen LogP) is 7.15. The highest BCUT2D eigenvalue weighted by atomic mass is 31.1. The van der Waals surface area contributed by atoms with E-state index in [0.29, 0.717) is 26.0 Å². The molecule has 2 saturated carbocycles. The number of rotatable bonds is 5. The van der Waals surface area contributed by atoms with Crippen LogP contribution in [0.5, 0.6) is 0 Å². The third-order valence-electron chi connectivity index (χ3n) is 7.55. The molecule has 1 heterocycles. The normalized spacial score (nSPS) is 29.2. The van der Waals surface area contributed by atoms with Crippen LogP contribution in [0.3, 0.4) is 0 Å². The summed E-state index contributed by atoms with van der Waals surface area (Å²) in [7, 11) is 0.348. The number of benzene rings is 1. The van der Waals surface area contributed by atoms with Gasteiger partial charge >= 0.3 is 0 Å². The van der Waals surface area contributed by atoms with Crippen LogP contribution in [0.15, 0.2) is 30.3 Å². The highest BCUT2D eigenvalue weighted by Crippen LogP contribution is 2.64. The summed E-state index contributed by atoms with van der Waals surface area (Å²) in [5, 5.41) is 1.66. The molecule has 1 saturated heterocycles. The Morgan fingerprint density at radius 2 is 1.35 bits per heavy atom. The van der Waals surface area contributed by atoms with E-state index in [-0.39, 0.29) is 13.1 Å². The van der Waals surface area contributed by atoms with Gasteiger partial charge in [-0.25, -0.2) is 0 Å². The van der Waals surface area contributed by atoms with Crippen molar-refractivity contribution in [3.8, 4) is 0 Å². The van der Waals surface area contributed by atoms with Gasteiger partial charge in [-0.05, 0) is 61.8 Å². The Balaban J connectivity index is 1.72. The first-order valence-corrected chi connectivity index (χ1v) is 13.4. The molecule has 0 aromatic heterocycles. The zero-order chi connectivity index (χ0) is 17.8. The van der Waals surface area contributed by atoms with Crippen molar-refractivity contribution in [2.75, 3.05) is 6.16 Å². The van der Waals surface area contributed by atoms with Crippen LogP contribution in [0, 0.1) is 11.8 Å². The van der Waals surface area contributed by atoms with Crippen molar-refractivity contribution in [3.05, 3.63) is 30.3 Å². The maximum atomic E-state index is 13.1. The lowest BCUT2D eigenvalue weighted by atomic mass is 9.67. The fourth-order valence-electron chi connectivity index (χ4n) is 6.39. The molecule has 1 aromatic carbocycles. The molecule has 26 heavy (non-hydrogen) atoms. The summed E-state index contributed by atoms with van der Waals surface area (Å²) < 4.78 is 13.1. The van der Waals surface area contributed by atoms with Gasteiger partial charge in [0.15, 0.2) is 8.46 Å². The van der Waals surface area contributed by atoms with E-state index in [1.54, 1.807) is 5.30 Å². The molecule has 0 N–H and O–H groups in total. The minimum Gasteiger partial charge on any atom is -0.274 e. The fourth-order valence-corrected chi connectivity index (χ4v) is 11.4. The van der Waals surface area contributed by atoms with Gasteiger partial charge in [-0.1, -0.05) is 76.8 Å². The maximum Gasteiger partial charge on any atom is 0.163 e. The molecule has 0 amide bonds. The predicted molar refractivity (Wildman–Crippen MR) is 114 cm³/mol. The second-order valence-electron chi connectivity index (χ2n) is 8.84. The van der Waals surface area contributed by atoms with Gasteiger partial charge in [-0.15, -0.1) is 0 Å². The third-order valence-corrected chi connectivity index (χ3v) is 12.3. The first-order chi connectivity index (χ1) is 12.9. The molecule has 3 heteroatoms. The first kappa shape index (κ1) is 19.1. The molecule has 142 valence electrons. The van der Waals surface area contributed by atoms with Gasteiger partial charge in [0.1, 0.15) is 0 Å². The van der Waals surface area contributed by atoms with E-state index in [4.69, 9.17) is 0 Å². The van der Waals surface area contributed by atoms with Crippen LogP contribution >= 0.6 is 16.4 Å². The van der Waals surface area contributed by atoms with E-state index in [0.717, 1.165) is 0 Å². The first-order valence-electron chi connectivity index (χ1n) is 11.0. The Labute approximate surface area is 162 Å². The molecule has 0 radical (unpaired) electrons. The van der Waals surface area contributed by atoms with E-state index in [9.17, 15) is 4.57 Å². The molecular weight excluding hydrogens is 354 g/mol. The Morgan fingerprint density at radius 1 is 0.769 bits per heavy atom.